The molecular weight excluding hydrogens is 256 g/mol. The predicted octanol–water partition coefficient (Wildman–Crippen LogP) is 2.96. The molecule has 112 valence electrons. The SMILES string of the molecule is CSCCC(C)N1C(=O)C(CC(C)C)NC1C(C)C. The molecular formula is C15H30N2OS. The fourth-order valence-electron chi connectivity index (χ4n) is 2.75. The maximum absolute atomic E-state index is 12.6. The fourth-order valence-corrected chi connectivity index (χ4v) is 3.32. The third-order valence-electron chi connectivity index (χ3n) is 3.78. The molecule has 0 aromatic rings. The van der Waals surface area contributed by atoms with Crippen LogP contribution >= 0.6 is 11.8 Å². The predicted molar refractivity (Wildman–Crippen MR) is 84.3 cm³/mol. The van der Waals surface area contributed by atoms with Crippen molar-refractivity contribution in [2.24, 2.45) is 11.8 Å². The van der Waals surface area contributed by atoms with E-state index < -0.39 is 0 Å². The molecule has 1 heterocycles. The van der Waals surface area contributed by atoms with Crippen LogP contribution in [-0.2, 0) is 4.79 Å². The van der Waals surface area contributed by atoms with Crippen LogP contribution in [0.1, 0.15) is 47.5 Å². The number of nitrogens with one attached hydrogen (secondary N) is 1. The molecule has 4 heteroatoms. The first-order valence-corrected chi connectivity index (χ1v) is 8.85. The van der Waals surface area contributed by atoms with Gasteiger partial charge in [-0.25, -0.2) is 0 Å². The first-order chi connectivity index (χ1) is 8.88. The zero-order chi connectivity index (χ0) is 14.6. The van der Waals surface area contributed by atoms with Crippen molar-refractivity contribution >= 4 is 17.7 Å². The van der Waals surface area contributed by atoms with E-state index in [1.165, 1.54) is 0 Å². The molecule has 1 rings (SSSR count). The van der Waals surface area contributed by atoms with Gasteiger partial charge in [0, 0.05) is 6.04 Å². The molecule has 0 aromatic heterocycles. The van der Waals surface area contributed by atoms with E-state index in [1.807, 2.05) is 11.8 Å². The number of nitrogens with zero attached hydrogens (tertiary/aromatic N) is 1. The Balaban J connectivity index is 2.76. The average Bonchev–Trinajstić information content (AvgIpc) is 2.63. The Hall–Kier alpha value is -0.220. The van der Waals surface area contributed by atoms with Gasteiger partial charge in [0.25, 0.3) is 0 Å². The third kappa shape index (κ3) is 4.38. The summed E-state index contributed by atoms with van der Waals surface area (Å²) in [4.78, 5) is 14.7. The Morgan fingerprint density at radius 3 is 2.37 bits per heavy atom. The van der Waals surface area contributed by atoms with Crippen molar-refractivity contribution in [3.63, 3.8) is 0 Å². The molecule has 1 aliphatic rings. The van der Waals surface area contributed by atoms with Gasteiger partial charge in [-0.3, -0.25) is 10.1 Å². The number of hydrogen-bond donors (Lipinski definition) is 1. The van der Waals surface area contributed by atoms with Crippen LogP contribution in [0.2, 0.25) is 0 Å². The fraction of sp³-hybridized carbons (Fsp3) is 0.933. The van der Waals surface area contributed by atoms with Gasteiger partial charge < -0.3 is 4.90 Å². The normalized spacial score (nSPS) is 25.7. The van der Waals surface area contributed by atoms with Crippen molar-refractivity contribution in [3.05, 3.63) is 0 Å². The van der Waals surface area contributed by atoms with Crippen LogP contribution in [-0.4, -0.2) is 41.1 Å². The summed E-state index contributed by atoms with van der Waals surface area (Å²) in [5.41, 5.74) is 0. The quantitative estimate of drug-likeness (QED) is 0.781. The monoisotopic (exact) mass is 286 g/mol. The Morgan fingerprint density at radius 2 is 1.89 bits per heavy atom. The highest BCUT2D eigenvalue weighted by Crippen LogP contribution is 2.25. The largest absolute Gasteiger partial charge is 0.323 e. The molecule has 0 aromatic carbocycles. The van der Waals surface area contributed by atoms with Crippen molar-refractivity contribution < 1.29 is 4.79 Å². The van der Waals surface area contributed by atoms with Crippen LogP contribution in [0.25, 0.3) is 0 Å². The minimum atomic E-state index is 0.0177. The highest BCUT2D eigenvalue weighted by atomic mass is 32.2. The third-order valence-corrected chi connectivity index (χ3v) is 4.42. The number of hydrogen-bond acceptors (Lipinski definition) is 3. The Labute approximate surface area is 122 Å². The minimum Gasteiger partial charge on any atom is -0.323 e. The summed E-state index contributed by atoms with van der Waals surface area (Å²) in [6.07, 6.45) is 4.34. The lowest BCUT2D eigenvalue weighted by atomic mass is 10.0. The van der Waals surface area contributed by atoms with Gasteiger partial charge in [-0.15, -0.1) is 0 Å². The molecule has 0 radical (unpaired) electrons. The van der Waals surface area contributed by atoms with Crippen LogP contribution in [0.4, 0.5) is 0 Å². The van der Waals surface area contributed by atoms with Gasteiger partial charge in [-0.1, -0.05) is 27.7 Å². The van der Waals surface area contributed by atoms with Crippen LogP contribution in [0.5, 0.6) is 0 Å². The van der Waals surface area contributed by atoms with Crippen molar-refractivity contribution in [1.82, 2.24) is 10.2 Å². The van der Waals surface area contributed by atoms with Gasteiger partial charge >= 0.3 is 0 Å². The summed E-state index contributed by atoms with van der Waals surface area (Å²) in [5, 5.41) is 3.55. The highest BCUT2D eigenvalue weighted by molar-refractivity contribution is 7.98. The zero-order valence-corrected chi connectivity index (χ0v) is 14.1. The molecule has 19 heavy (non-hydrogen) atoms. The van der Waals surface area contributed by atoms with Gasteiger partial charge in [-0.05, 0) is 43.6 Å². The van der Waals surface area contributed by atoms with E-state index in [0.29, 0.717) is 23.8 Å². The molecule has 1 saturated heterocycles. The molecule has 3 atom stereocenters. The lowest BCUT2D eigenvalue weighted by Crippen LogP contribution is -2.46. The topological polar surface area (TPSA) is 32.3 Å². The summed E-state index contributed by atoms with van der Waals surface area (Å²) in [5.74, 6) is 2.43. The van der Waals surface area contributed by atoms with Crippen LogP contribution in [0.3, 0.4) is 0 Å². The van der Waals surface area contributed by atoms with E-state index in [-0.39, 0.29) is 12.2 Å². The van der Waals surface area contributed by atoms with Crippen LogP contribution < -0.4 is 5.32 Å². The number of amides is 1. The summed E-state index contributed by atoms with van der Waals surface area (Å²) >= 11 is 1.85. The molecule has 1 aliphatic heterocycles. The second kappa shape index (κ2) is 7.53. The molecule has 0 bridgehead atoms. The van der Waals surface area contributed by atoms with Gasteiger partial charge in [0.15, 0.2) is 0 Å². The summed E-state index contributed by atoms with van der Waals surface area (Å²) in [7, 11) is 0. The van der Waals surface area contributed by atoms with Crippen molar-refractivity contribution in [1.29, 1.82) is 0 Å². The first-order valence-electron chi connectivity index (χ1n) is 7.45. The van der Waals surface area contributed by atoms with E-state index in [2.05, 4.69) is 51.1 Å². The first kappa shape index (κ1) is 16.8. The van der Waals surface area contributed by atoms with E-state index in [9.17, 15) is 4.79 Å². The van der Waals surface area contributed by atoms with E-state index in [4.69, 9.17) is 0 Å². The van der Waals surface area contributed by atoms with E-state index in [1.54, 1.807) is 0 Å². The van der Waals surface area contributed by atoms with Crippen LogP contribution in [0, 0.1) is 11.8 Å². The van der Waals surface area contributed by atoms with Gasteiger partial charge in [0.1, 0.15) is 0 Å². The Kier molecular flexibility index (Phi) is 6.67. The Bertz CT molecular complexity index is 294. The maximum atomic E-state index is 12.6. The molecule has 1 N–H and O–H groups in total. The zero-order valence-electron chi connectivity index (χ0n) is 13.3. The summed E-state index contributed by atoms with van der Waals surface area (Å²) in [6.45, 7) is 10.9. The van der Waals surface area contributed by atoms with Gasteiger partial charge in [0.2, 0.25) is 5.91 Å². The molecule has 1 fully saturated rings. The molecule has 0 aliphatic carbocycles. The molecule has 0 spiro atoms. The molecule has 3 nitrogen and oxygen atoms in total. The van der Waals surface area contributed by atoms with E-state index >= 15 is 0 Å². The number of rotatable bonds is 7. The van der Waals surface area contributed by atoms with Crippen molar-refractivity contribution in [2.75, 3.05) is 12.0 Å². The number of carbonyl (C=O) groups excluding carboxylic acids is 1. The highest BCUT2D eigenvalue weighted by Gasteiger charge is 2.42. The maximum Gasteiger partial charge on any atom is 0.241 e. The smallest absolute Gasteiger partial charge is 0.241 e. The summed E-state index contributed by atoms with van der Waals surface area (Å²) in [6, 6.07) is 0.348. The Morgan fingerprint density at radius 1 is 1.26 bits per heavy atom. The molecule has 3 unspecified atom stereocenters. The minimum absolute atomic E-state index is 0.0177. The average molecular weight is 286 g/mol. The molecule has 0 saturated carbocycles. The molecule has 1 amide bonds. The van der Waals surface area contributed by atoms with Gasteiger partial charge in [-0.2, -0.15) is 11.8 Å². The number of carbonyl (C=O) groups is 1. The van der Waals surface area contributed by atoms with Gasteiger partial charge in [0.05, 0.1) is 12.2 Å². The van der Waals surface area contributed by atoms with E-state index in [0.717, 1.165) is 18.6 Å². The van der Waals surface area contributed by atoms with Crippen molar-refractivity contribution in [2.45, 2.75) is 65.7 Å². The number of thioether (sulfide) groups is 1. The standard InChI is InChI=1S/C15H30N2OS/c1-10(2)9-13-15(18)17(12(5)7-8-19-6)14(16-13)11(3)4/h10-14,16H,7-9H2,1-6H3. The second-order valence-electron chi connectivity index (χ2n) is 6.41. The van der Waals surface area contributed by atoms with Crippen molar-refractivity contribution in [3.8, 4) is 0 Å². The summed E-state index contributed by atoms with van der Waals surface area (Å²) < 4.78 is 0. The second-order valence-corrected chi connectivity index (χ2v) is 7.40. The lowest BCUT2D eigenvalue weighted by molar-refractivity contribution is -0.132. The lowest BCUT2D eigenvalue weighted by Gasteiger charge is -2.32. The van der Waals surface area contributed by atoms with Crippen LogP contribution in [0.15, 0.2) is 0 Å².